The first kappa shape index (κ1) is 8.13. The van der Waals surface area contributed by atoms with Crippen molar-refractivity contribution in [2.75, 3.05) is 6.54 Å². The number of nitrogens with two attached hydrogens (primary N) is 1. The zero-order valence-corrected chi connectivity index (χ0v) is 7.22. The van der Waals surface area contributed by atoms with Crippen molar-refractivity contribution in [3.63, 3.8) is 0 Å². The van der Waals surface area contributed by atoms with E-state index in [0.717, 1.165) is 5.56 Å². The SMILES string of the molecule is NC1(c2ccncc2)C=CC=NC1. The molecule has 0 aliphatic carbocycles. The Morgan fingerprint density at radius 1 is 1.31 bits per heavy atom. The molecule has 13 heavy (non-hydrogen) atoms. The molecule has 0 amide bonds. The van der Waals surface area contributed by atoms with E-state index >= 15 is 0 Å². The van der Waals surface area contributed by atoms with Crippen LogP contribution in [0.3, 0.4) is 0 Å². The van der Waals surface area contributed by atoms with E-state index in [-0.39, 0.29) is 0 Å². The molecule has 1 aliphatic rings. The van der Waals surface area contributed by atoms with Gasteiger partial charge in [-0.3, -0.25) is 9.98 Å². The highest BCUT2D eigenvalue weighted by molar-refractivity contribution is 5.73. The molecule has 1 unspecified atom stereocenters. The summed E-state index contributed by atoms with van der Waals surface area (Å²) < 4.78 is 0. The van der Waals surface area contributed by atoms with Crippen molar-refractivity contribution in [2.24, 2.45) is 10.7 Å². The van der Waals surface area contributed by atoms with E-state index in [4.69, 9.17) is 5.73 Å². The van der Waals surface area contributed by atoms with Crippen molar-refractivity contribution >= 4 is 6.21 Å². The fraction of sp³-hybridized carbons (Fsp3) is 0.200. The summed E-state index contributed by atoms with van der Waals surface area (Å²) in [7, 11) is 0. The van der Waals surface area contributed by atoms with Crippen molar-refractivity contribution < 1.29 is 0 Å². The van der Waals surface area contributed by atoms with Gasteiger partial charge in [-0.15, -0.1) is 0 Å². The van der Waals surface area contributed by atoms with Crippen LogP contribution in [-0.4, -0.2) is 17.7 Å². The van der Waals surface area contributed by atoms with Gasteiger partial charge in [0.2, 0.25) is 0 Å². The van der Waals surface area contributed by atoms with Crippen LogP contribution in [-0.2, 0) is 5.54 Å². The first-order valence-corrected chi connectivity index (χ1v) is 4.18. The maximum absolute atomic E-state index is 6.15. The third-order valence-electron chi connectivity index (χ3n) is 2.16. The second-order valence-electron chi connectivity index (χ2n) is 3.13. The summed E-state index contributed by atoms with van der Waals surface area (Å²) in [6.45, 7) is 0.605. The van der Waals surface area contributed by atoms with Crippen molar-refractivity contribution in [1.29, 1.82) is 0 Å². The summed E-state index contributed by atoms with van der Waals surface area (Å²) in [5.41, 5.74) is 6.76. The maximum Gasteiger partial charge on any atom is 0.0798 e. The molecule has 0 aromatic carbocycles. The molecule has 3 heteroatoms. The van der Waals surface area contributed by atoms with Gasteiger partial charge in [0.25, 0.3) is 0 Å². The summed E-state index contributed by atoms with van der Waals surface area (Å²) in [5.74, 6) is 0. The minimum atomic E-state index is -0.447. The van der Waals surface area contributed by atoms with E-state index in [1.165, 1.54) is 0 Å². The van der Waals surface area contributed by atoms with Crippen molar-refractivity contribution in [2.45, 2.75) is 5.54 Å². The van der Waals surface area contributed by atoms with Crippen molar-refractivity contribution in [3.05, 3.63) is 42.2 Å². The molecule has 1 aliphatic heterocycles. The molecule has 2 heterocycles. The van der Waals surface area contributed by atoms with E-state index in [0.29, 0.717) is 6.54 Å². The molecule has 3 nitrogen and oxygen atoms in total. The van der Waals surface area contributed by atoms with E-state index in [2.05, 4.69) is 9.98 Å². The number of nitrogens with zero attached hydrogens (tertiary/aromatic N) is 2. The molecule has 1 atom stereocenters. The average Bonchev–Trinajstić information content (AvgIpc) is 2.20. The van der Waals surface area contributed by atoms with Crippen LogP contribution in [0.4, 0.5) is 0 Å². The van der Waals surface area contributed by atoms with Gasteiger partial charge in [0, 0.05) is 18.6 Å². The van der Waals surface area contributed by atoms with Crippen LogP contribution in [0, 0.1) is 0 Å². The van der Waals surface area contributed by atoms with E-state index in [1.807, 2.05) is 24.3 Å². The van der Waals surface area contributed by atoms with Gasteiger partial charge in [-0.2, -0.15) is 0 Å². The van der Waals surface area contributed by atoms with Crippen LogP contribution < -0.4 is 5.73 Å². The quantitative estimate of drug-likeness (QED) is 0.685. The Morgan fingerprint density at radius 2 is 2.08 bits per heavy atom. The zero-order chi connectivity index (χ0) is 9.15. The number of hydrogen-bond acceptors (Lipinski definition) is 3. The Labute approximate surface area is 77.0 Å². The molecule has 0 saturated carbocycles. The largest absolute Gasteiger partial charge is 0.317 e. The van der Waals surface area contributed by atoms with Crippen LogP contribution >= 0.6 is 0 Å². The van der Waals surface area contributed by atoms with Crippen molar-refractivity contribution in [1.82, 2.24) is 4.98 Å². The van der Waals surface area contributed by atoms with Crippen LogP contribution in [0.15, 0.2) is 41.7 Å². The third kappa shape index (κ3) is 1.51. The number of pyridine rings is 1. The lowest BCUT2D eigenvalue weighted by Gasteiger charge is -2.25. The first-order valence-electron chi connectivity index (χ1n) is 4.18. The molecular formula is C10H11N3. The lowest BCUT2D eigenvalue weighted by molar-refractivity contribution is 0.572. The molecule has 66 valence electrons. The summed E-state index contributed by atoms with van der Waals surface area (Å²) in [4.78, 5) is 8.10. The Hall–Kier alpha value is -1.48. The predicted molar refractivity (Wildman–Crippen MR) is 52.6 cm³/mol. The fourth-order valence-electron chi connectivity index (χ4n) is 1.38. The van der Waals surface area contributed by atoms with E-state index in [9.17, 15) is 0 Å². The van der Waals surface area contributed by atoms with Gasteiger partial charge in [0.05, 0.1) is 12.1 Å². The summed E-state index contributed by atoms with van der Waals surface area (Å²) >= 11 is 0. The lowest BCUT2D eigenvalue weighted by Crippen LogP contribution is -2.38. The number of rotatable bonds is 1. The molecule has 0 saturated heterocycles. The summed E-state index contributed by atoms with van der Waals surface area (Å²) in [5, 5.41) is 0. The highest BCUT2D eigenvalue weighted by Gasteiger charge is 2.24. The van der Waals surface area contributed by atoms with Gasteiger partial charge < -0.3 is 5.73 Å². The number of allylic oxidation sites excluding steroid dienone is 1. The molecule has 2 N–H and O–H groups in total. The molecule has 0 spiro atoms. The standard InChI is InChI=1S/C10H11N3/c11-10(4-1-5-13-8-10)9-2-6-12-7-3-9/h1-7H,8,11H2. The highest BCUT2D eigenvalue weighted by atomic mass is 14.9. The second kappa shape index (κ2) is 3.11. The number of aromatic nitrogens is 1. The Morgan fingerprint density at radius 3 is 2.69 bits per heavy atom. The van der Waals surface area contributed by atoms with Crippen LogP contribution in [0.25, 0.3) is 0 Å². The molecule has 0 bridgehead atoms. The van der Waals surface area contributed by atoms with Crippen molar-refractivity contribution in [3.8, 4) is 0 Å². The molecule has 1 aromatic heterocycles. The number of aliphatic imine (C=N–C) groups is 1. The molecule has 2 rings (SSSR count). The minimum absolute atomic E-state index is 0.447. The van der Waals surface area contributed by atoms with Gasteiger partial charge in [-0.25, -0.2) is 0 Å². The second-order valence-corrected chi connectivity index (χ2v) is 3.13. The van der Waals surface area contributed by atoms with Crippen LogP contribution in [0.5, 0.6) is 0 Å². The third-order valence-corrected chi connectivity index (χ3v) is 2.16. The zero-order valence-electron chi connectivity index (χ0n) is 7.22. The maximum atomic E-state index is 6.15. The number of dihydropyridines is 1. The Kier molecular flexibility index (Phi) is 1.94. The highest BCUT2D eigenvalue weighted by Crippen LogP contribution is 2.20. The lowest BCUT2D eigenvalue weighted by atomic mass is 9.90. The molecule has 1 aromatic rings. The Bertz CT molecular complexity index is 342. The smallest absolute Gasteiger partial charge is 0.0798 e. The normalized spacial score (nSPS) is 26.2. The van der Waals surface area contributed by atoms with Gasteiger partial charge >= 0.3 is 0 Å². The van der Waals surface area contributed by atoms with Gasteiger partial charge in [-0.1, -0.05) is 6.08 Å². The Balaban J connectivity index is 2.35. The predicted octanol–water partition coefficient (Wildman–Crippen LogP) is 0.876. The minimum Gasteiger partial charge on any atom is -0.317 e. The van der Waals surface area contributed by atoms with Gasteiger partial charge in [0.15, 0.2) is 0 Å². The monoisotopic (exact) mass is 173 g/mol. The van der Waals surface area contributed by atoms with E-state index in [1.54, 1.807) is 18.6 Å². The molecule has 0 radical (unpaired) electrons. The van der Waals surface area contributed by atoms with Crippen LogP contribution in [0.1, 0.15) is 5.56 Å². The van der Waals surface area contributed by atoms with Crippen LogP contribution in [0.2, 0.25) is 0 Å². The molecular weight excluding hydrogens is 162 g/mol. The van der Waals surface area contributed by atoms with Gasteiger partial charge in [0.1, 0.15) is 0 Å². The first-order chi connectivity index (χ1) is 6.31. The van der Waals surface area contributed by atoms with Gasteiger partial charge in [-0.05, 0) is 23.8 Å². The van der Waals surface area contributed by atoms with E-state index < -0.39 is 5.54 Å². The molecule has 0 fully saturated rings. The number of hydrogen-bond donors (Lipinski definition) is 1. The topological polar surface area (TPSA) is 51.3 Å². The summed E-state index contributed by atoms with van der Waals surface area (Å²) in [6.07, 6.45) is 9.11. The fourth-order valence-corrected chi connectivity index (χ4v) is 1.38. The summed E-state index contributed by atoms with van der Waals surface area (Å²) in [6, 6.07) is 3.84. The average molecular weight is 173 g/mol.